The molecule has 1 saturated heterocycles. The topological polar surface area (TPSA) is 20.3 Å². The molecule has 2 heteroatoms. The number of likely N-dealkylation sites (tertiary alicyclic amines) is 1. The van der Waals surface area contributed by atoms with Crippen molar-refractivity contribution < 1.29 is 4.79 Å². The van der Waals surface area contributed by atoms with Gasteiger partial charge in [0.1, 0.15) is 0 Å². The van der Waals surface area contributed by atoms with Crippen LogP contribution in [0.2, 0.25) is 0 Å². The van der Waals surface area contributed by atoms with Gasteiger partial charge in [-0.1, -0.05) is 42.7 Å². The molecule has 0 aromatic heterocycles. The Kier molecular flexibility index (Phi) is 4.44. The Morgan fingerprint density at radius 1 is 1.10 bits per heavy atom. The Balaban J connectivity index is 1.75. The summed E-state index contributed by atoms with van der Waals surface area (Å²) in [4.78, 5) is 15.3. The van der Waals surface area contributed by atoms with Crippen LogP contribution in [-0.4, -0.2) is 29.3 Å². The summed E-state index contributed by atoms with van der Waals surface area (Å²) >= 11 is 0. The first kappa shape index (κ1) is 14.8. The second-order valence-corrected chi connectivity index (χ2v) is 6.90. The van der Waals surface area contributed by atoms with E-state index >= 15 is 0 Å². The third kappa shape index (κ3) is 3.06. The number of fused-ring (bicyclic) bond motifs is 1. The molecule has 0 spiro atoms. The number of piperidine rings is 1. The van der Waals surface area contributed by atoms with Crippen LogP contribution in [0, 0.1) is 12.8 Å². The fraction of sp³-hybridized carbons (Fsp3) is 0.632. The molecule has 2 fully saturated rings. The maximum absolute atomic E-state index is 12.8. The molecule has 114 valence electrons. The highest BCUT2D eigenvalue weighted by Gasteiger charge is 2.37. The molecule has 0 amide bonds. The highest BCUT2D eigenvalue weighted by Crippen LogP contribution is 2.36. The number of nitrogens with zero attached hydrogens (tertiary/aromatic N) is 1. The van der Waals surface area contributed by atoms with Gasteiger partial charge >= 0.3 is 0 Å². The summed E-state index contributed by atoms with van der Waals surface area (Å²) in [6.45, 7) is 5.27. The third-order valence-corrected chi connectivity index (χ3v) is 5.50. The molecular weight excluding hydrogens is 258 g/mol. The summed E-state index contributed by atoms with van der Waals surface area (Å²) in [6.07, 6.45) is 8.00. The predicted octanol–water partition coefficient (Wildman–Crippen LogP) is 4.22. The zero-order chi connectivity index (χ0) is 14.8. The number of rotatable bonds is 3. The van der Waals surface area contributed by atoms with Gasteiger partial charge in [-0.25, -0.2) is 0 Å². The highest BCUT2D eigenvalue weighted by atomic mass is 16.1. The first-order valence-corrected chi connectivity index (χ1v) is 8.53. The summed E-state index contributed by atoms with van der Waals surface area (Å²) in [5.74, 6) is 1.13. The third-order valence-electron chi connectivity index (χ3n) is 5.50. The normalized spacial score (nSPS) is 27.9. The number of carbonyl (C=O) groups excluding carboxylic acids is 1. The fourth-order valence-electron chi connectivity index (χ4n) is 4.25. The first-order chi connectivity index (χ1) is 10.2. The fourth-order valence-corrected chi connectivity index (χ4v) is 4.25. The smallest absolute Gasteiger partial charge is 0.179 e. The average Bonchev–Trinajstić information content (AvgIpc) is 2.53. The van der Waals surface area contributed by atoms with Crippen LogP contribution in [0.3, 0.4) is 0 Å². The van der Waals surface area contributed by atoms with Gasteiger partial charge < -0.3 is 0 Å². The predicted molar refractivity (Wildman–Crippen MR) is 86.7 cm³/mol. The molecule has 2 aliphatic rings. The van der Waals surface area contributed by atoms with E-state index in [4.69, 9.17) is 0 Å². The molecule has 3 rings (SSSR count). The largest absolute Gasteiger partial charge is 0.292 e. The molecule has 1 aliphatic heterocycles. The lowest BCUT2D eigenvalue weighted by Crippen LogP contribution is -2.53. The number of aryl methyl sites for hydroxylation is 1. The molecule has 2 nitrogen and oxygen atoms in total. The van der Waals surface area contributed by atoms with Crippen molar-refractivity contribution in [1.82, 2.24) is 4.90 Å². The quantitative estimate of drug-likeness (QED) is 0.775. The van der Waals surface area contributed by atoms with Crippen LogP contribution in [0.15, 0.2) is 24.3 Å². The van der Waals surface area contributed by atoms with Crippen molar-refractivity contribution in [3.8, 4) is 0 Å². The molecule has 1 aliphatic carbocycles. The lowest BCUT2D eigenvalue weighted by molar-refractivity contribution is 0.0297. The van der Waals surface area contributed by atoms with Gasteiger partial charge in [-0.15, -0.1) is 0 Å². The Morgan fingerprint density at radius 3 is 2.52 bits per heavy atom. The zero-order valence-electron chi connectivity index (χ0n) is 13.3. The van der Waals surface area contributed by atoms with Gasteiger partial charge in [0.15, 0.2) is 5.78 Å². The summed E-state index contributed by atoms with van der Waals surface area (Å²) in [5, 5.41) is 0. The lowest BCUT2D eigenvalue weighted by atomic mass is 9.77. The molecule has 1 aromatic rings. The van der Waals surface area contributed by atoms with Crippen LogP contribution < -0.4 is 0 Å². The number of hydrogen-bond acceptors (Lipinski definition) is 2. The van der Waals surface area contributed by atoms with Crippen LogP contribution in [0.5, 0.6) is 0 Å². The molecule has 1 heterocycles. The number of carbonyl (C=O) groups is 1. The Bertz CT molecular complexity index is 491. The molecule has 0 bridgehead atoms. The van der Waals surface area contributed by atoms with Gasteiger partial charge in [0.25, 0.3) is 0 Å². The second kappa shape index (κ2) is 6.31. The Labute approximate surface area is 128 Å². The van der Waals surface area contributed by atoms with Crippen LogP contribution >= 0.6 is 0 Å². The second-order valence-electron chi connectivity index (χ2n) is 6.90. The van der Waals surface area contributed by atoms with Gasteiger partial charge in [0.2, 0.25) is 0 Å². The van der Waals surface area contributed by atoms with Crippen LogP contribution in [0.4, 0.5) is 0 Å². The van der Waals surface area contributed by atoms with Gasteiger partial charge in [0.05, 0.1) is 6.04 Å². The molecule has 0 radical (unpaired) electrons. The summed E-state index contributed by atoms with van der Waals surface area (Å²) in [7, 11) is 0. The van der Waals surface area contributed by atoms with Gasteiger partial charge in [-0.2, -0.15) is 0 Å². The van der Waals surface area contributed by atoms with E-state index in [0.29, 0.717) is 11.8 Å². The SMILES string of the molecule is Cc1ccc(C(=O)C(C)N2CCC[C@H]3CCCC[C@H]32)cc1. The van der Waals surface area contributed by atoms with Gasteiger partial charge in [0, 0.05) is 11.6 Å². The molecule has 1 aromatic carbocycles. The van der Waals surface area contributed by atoms with E-state index in [-0.39, 0.29) is 6.04 Å². The van der Waals surface area contributed by atoms with E-state index in [9.17, 15) is 4.79 Å². The summed E-state index contributed by atoms with van der Waals surface area (Å²) in [5.41, 5.74) is 2.08. The summed E-state index contributed by atoms with van der Waals surface area (Å²) in [6, 6.07) is 8.72. The zero-order valence-corrected chi connectivity index (χ0v) is 13.3. The summed E-state index contributed by atoms with van der Waals surface area (Å²) < 4.78 is 0. The molecule has 3 atom stereocenters. The van der Waals surface area contributed by atoms with E-state index < -0.39 is 0 Å². The molecule has 0 N–H and O–H groups in total. The van der Waals surface area contributed by atoms with Crippen molar-refractivity contribution in [3.63, 3.8) is 0 Å². The number of benzene rings is 1. The average molecular weight is 285 g/mol. The minimum absolute atomic E-state index is 0.0265. The van der Waals surface area contributed by atoms with E-state index in [1.807, 2.05) is 24.3 Å². The standard InChI is InChI=1S/C19H27NO/c1-14-9-11-17(12-10-14)19(21)15(2)20-13-5-7-16-6-3-4-8-18(16)20/h9-12,15-16,18H,3-8,13H2,1-2H3/t15?,16-,18-/m1/s1. The number of hydrogen-bond donors (Lipinski definition) is 0. The maximum atomic E-state index is 12.8. The maximum Gasteiger partial charge on any atom is 0.179 e. The molecular formula is C19H27NO. The van der Waals surface area contributed by atoms with Crippen molar-refractivity contribution in [3.05, 3.63) is 35.4 Å². The Hall–Kier alpha value is -1.15. The van der Waals surface area contributed by atoms with Crippen molar-refractivity contribution in [1.29, 1.82) is 0 Å². The number of ketones is 1. The van der Waals surface area contributed by atoms with Crippen LogP contribution in [0.25, 0.3) is 0 Å². The number of Topliss-reactive ketones (excluding diaryl/α,β-unsaturated/α-hetero) is 1. The molecule has 1 unspecified atom stereocenters. The van der Waals surface area contributed by atoms with E-state index in [2.05, 4.69) is 18.7 Å². The van der Waals surface area contributed by atoms with E-state index in [0.717, 1.165) is 18.0 Å². The Morgan fingerprint density at radius 2 is 1.76 bits per heavy atom. The molecule has 21 heavy (non-hydrogen) atoms. The van der Waals surface area contributed by atoms with Crippen molar-refractivity contribution in [2.45, 2.75) is 64.5 Å². The van der Waals surface area contributed by atoms with Crippen molar-refractivity contribution in [2.24, 2.45) is 5.92 Å². The van der Waals surface area contributed by atoms with Crippen molar-refractivity contribution in [2.75, 3.05) is 6.54 Å². The first-order valence-electron chi connectivity index (χ1n) is 8.53. The highest BCUT2D eigenvalue weighted by molar-refractivity contribution is 5.99. The minimum Gasteiger partial charge on any atom is -0.292 e. The monoisotopic (exact) mass is 285 g/mol. The van der Waals surface area contributed by atoms with E-state index in [1.165, 1.54) is 44.1 Å². The van der Waals surface area contributed by atoms with Crippen molar-refractivity contribution >= 4 is 5.78 Å². The lowest BCUT2D eigenvalue weighted by Gasteiger charge is -2.46. The van der Waals surface area contributed by atoms with Gasteiger partial charge in [-0.05, 0) is 52.0 Å². The van der Waals surface area contributed by atoms with E-state index in [1.54, 1.807) is 0 Å². The molecule has 1 saturated carbocycles. The van der Waals surface area contributed by atoms with Gasteiger partial charge in [-0.3, -0.25) is 9.69 Å². The minimum atomic E-state index is 0.0265. The van der Waals surface area contributed by atoms with Crippen LogP contribution in [0.1, 0.15) is 61.4 Å². The van der Waals surface area contributed by atoms with Crippen LogP contribution in [-0.2, 0) is 0 Å².